The fraction of sp³-hybridized carbons (Fsp3) is 0.211. The van der Waals surface area contributed by atoms with Gasteiger partial charge < -0.3 is 10.1 Å². The van der Waals surface area contributed by atoms with Crippen LogP contribution in [0.15, 0.2) is 57.7 Å². The zero-order valence-corrected chi connectivity index (χ0v) is 14.4. The van der Waals surface area contributed by atoms with Crippen molar-refractivity contribution in [3.63, 3.8) is 0 Å². The van der Waals surface area contributed by atoms with E-state index in [9.17, 15) is 14.7 Å². The van der Waals surface area contributed by atoms with Crippen LogP contribution < -0.4 is 11.2 Å². The number of nitrogens with zero attached hydrogens (tertiary/aromatic N) is 2. The summed E-state index contributed by atoms with van der Waals surface area (Å²) in [5.74, 6) is -0.415. The molecule has 3 N–H and O–H groups in total. The van der Waals surface area contributed by atoms with Crippen LogP contribution in [0.2, 0.25) is 0 Å². The Bertz CT molecular complexity index is 1090. The third kappa shape index (κ3) is 3.37. The lowest BCUT2D eigenvalue weighted by Crippen LogP contribution is -2.32. The maximum Gasteiger partial charge on any atom is 0.331 e. The molecule has 3 aromatic rings. The van der Waals surface area contributed by atoms with Crippen molar-refractivity contribution in [2.75, 3.05) is 0 Å². The summed E-state index contributed by atoms with van der Waals surface area (Å²) in [6, 6.07) is 7.88. The molecule has 1 unspecified atom stereocenters. The van der Waals surface area contributed by atoms with Gasteiger partial charge in [-0.05, 0) is 25.0 Å². The van der Waals surface area contributed by atoms with E-state index in [4.69, 9.17) is 0 Å². The summed E-state index contributed by atoms with van der Waals surface area (Å²) in [4.78, 5) is 33.5. The fourth-order valence-corrected chi connectivity index (χ4v) is 2.86. The average Bonchev–Trinajstić information content (AvgIpc) is 3.01. The third-order valence-electron chi connectivity index (χ3n) is 4.17. The van der Waals surface area contributed by atoms with Gasteiger partial charge in [-0.1, -0.05) is 24.3 Å². The first-order valence-electron chi connectivity index (χ1n) is 8.26. The number of hydrogen-bond acceptors (Lipinski definition) is 4. The molecule has 0 spiro atoms. The molecule has 0 aliphatic heterocycles. The molecule has 7 nitrogen and oxygen atoms in total. The lowest BCUT2D eigenvalue weighted by molar-refractivity contribution is 0.410. The van der Waals surface area contributed by atoms with E-state index in [0.717, 1.165) is 21.0 Å². The van der Waals surface area contributed by atoms with E-state index in [1.54, 1.807) is 0 Å². The van der Waals surface area contributed by atoms with Gasteiger partial charge in [0.25, 0.3) is 5.56 Å². The molecule has 1 aromatic carbocycles. The molecule has 0 aliphatic carbocycles. The Labute approximate surface area is 149 Å². The molecule has 0 saturated heterocycles. The highest BCUT2D eigenvalue weighted by atomic mass is 16.3. The van der Waals surface area contributed by atoms with Gasteiger partial charge in [-0.25, -0.2) is 4.79 Å². The van der Waals surface area contributed by atoms with Crippen LogP contribution in [0.25, 0.3) is 10.9 Å². The number of aromatic amines is 2. The van der Waals surface area contributed by atoms with Crippen molar-refractivity contribution in [2.24, 2.45) is 4.99 Å². The second-order valence-corrected chi connectivity index (χ2v) is 6.09. The molecule has 1 atom stereocenters. The minimum Gasteiger partial charge on any atom is -0.494 e. The van der Waals surface area contributed by atoms with E-state index < -0.39 is 17.1 Å². The fourth-order valence-electron chi connectivity index (χ4n) is 2.86. The molecule has 0 bridgehead atoms. The molecule has 26 heavy (non-hydrogen) atoms. The Morgan fingerprint density at radius 1 is 1.35 bits per heavy atom. The number of H-pyrrole nitrogens is 2. The molecule has 0 amide bonds. The van der Waals surface area contributed by atoms with Crippen LogP contribution in [0.4, 0.5) is 0 Å². The van der Waals surface area contributed by atoms with Crippen LogP contribution in [-0.2, 0) is 13.0 Å². The van der Waals surface area contributed by atoms with E-state index >= 15 is 0 Å². The van der Waals surface area contributed by atoms with Crippen LogP contribution in [0, 0.1) is 0 Å². The second-order valence-electron chi connectivity index (χ2n) is 6.09. The number of aliphatic imine (C=N–C) groups is 1. The largest absolute Gasteiger partial charge is 0.494 e. The van der Waals surface area contributed by atoms with Crippen LogP contribution in [-0.4, -0.2) is 31.9 Å². The monoisotopic (exact) mass is 352 g/mol. The van der Waals surface area contributed by atoms with Crippen molar-refractivity contribution in [2.45, 2.75) is 25.9 Å². The summed E-state index contributed by atoms with van der Waals surface area (Å²) in [5, 5.41) is 11.3. The molecule has 134 valence electrons. The predicted molar refractivity (Wildman–Crippen MR) is 102 cm³/mol. The van der Waals surface area contributed by atoms with Gasteiger partial charge in [-0.15, -0.1) is 6.58 Å². The number of aromatic hydroxyl groups is 1. The summed E-state index contributed by atoms with van der Waals surface area (Å²) in [6.07, 6.45) is 5.39. The number of allylic oxidation sites excluding steroid dienone is 1. The molecule has 2 aromatic heterocycles. The summed E-state index contributed by atoms with van der Waals surface area (Å²) in [6.45, 7) is 5.54. The predicted octanol–water partition coefficient (Wildman–Crippen LogP) is 1.96. The van der Waals surface area contributed by atoms with Crippen LogP contribution in [0.3, 0.4) is 0 Å². The smallest absolute Gasteiger partial charge is 0.331 e. The van der Waals surface area contributed by atoms with Crippen molar-refractivity contribution < 1.29 is 5.11 Å². The van der Waals surface area contributed by atoms with E-state index in [1.165, 1.54) is 12.3 Å². The average molecular weight is 352 g/mol. The Hall–Kier alpha value is -3.35. The van der Waals surface area contributed by atoms with Crippen molar-refractivity contribution in [1.29, 1.82) is 0 Å². The number of hydrogen-bond donors (Lipinski definition) is 3. The number of aromatic nitrogens is 3. The maximum atomic E-state index is 12.0. The van der Waals surface area contributed by atoms with Gasteiger partial charge >= 0.3 is 5.69 Å². The first kappa shape index (κ1) is 17.5. The van der Waals surface area contributed by atoms with Gasteiger partial charge in [0.1, 0.15) is 5.56 Å². The lowest BCUT2D eigenvalue weighted by atomic mass is 10.1. The van der Waals surface area contributed by atoms with Gasteiger partial charge in [0.05, 0.1) is 6.04 Å². The van der Waals surface area contributed by atoms with E-state index in [0.29, 0.717) is 6.42 Å². The lowest BCUT2D eigenvalue weighted by Gasteiger charge is -2.08. The zero-order valence-electron chi connectivity index (χ0n) is 14.4. The third-order valence-corrected chi connectivity index (χ3v) is 4.17. The topological polar surface area (TPSA) is 103 Å². The Kier molecular flexibility index (Phi) is 4.88. The molecule has 0 saturated carbocycles. The Balaban J connectivity index is 1.85. The summed E-state index contributed by atoms with van der Waals surface area (Å²) in [5.41, 5.74) is 0.786. The van der Waals surface area contributed by atoms with Gasteiger partial charge in [0.2, 0.25) is 5.88 Å². The maximum absolute atomic E-state index is 12.0. The Morgan fingerprint density at radius 2 is 2.12 bits per heavy atom. The second kappa shape index (κ2) is 7.26. The quantitative estimate of drug-likeness (QED) is 0.467. The summed E-state index contributed by atoms with van der Waals surface area (Å²) in [7, 11) is 0. The van der Waals surface area contributed by atoms with E-state index in [-0.39, 0.29) is 18.2 Å². The van der Waals surface area contributed by atoms with Crippen molar-refractivity contribution in [3.8, 4) is 5.88 Å². The molecule has 7 heteroatoms. The number of para-hydroxylation sites is 1. The van der Waals surface area contributed by atoms with E-state index in [1.807, 2.05) is 37.4 Å². The molecule has 0 radical (unpaired) electrons. The van der Waals surface area contributed by atoms with Crippen molar-refractivity contribution in [3.05, 3.63) is 75.1 Å². The highest BCUT2D eigenvalue weighted by Gasteiger charge is 2.12. The molecular weight excluding hydrogens is 332 g/mol. The normalized spacial score (nSPS) is 12.7. The Morgan fingerprint density at radius 3 is 2.88 bits per heavy atom. The highest BCUT2D eigenvalue weighted by Crippen LogP contribution is 2.19. The van der Waals surface area contributed by atoms with Gasteiger partial charge in [-0.2, -0.15) is 0 Å². The number of nitrogens with one attached hydrogen (secondary N) is 2. The minimum absolute atomic E-state index is 0.0442. The van der Waals surface area contributed by atoms with Crippen LogP contribution in [0.5, 0.6) is 5.88 Å². The van der Waals surface area contributed by atoms with Crippen LogP contribution >= 0.6 is 0 Å². The molecule has 0 fully saturated rings. The van der Waals surface area contributed by atoms with E-state index in [2.05, 4.69) is 21.5 Å². The molecule has 2 heterocycles. The van der Waals surface area contributed by atoms with Crippen LogP contribution in [0.1, 0.15) is 18.1 Å². The highest BCUT2D eigenvalue weighted by molar-refractivity contribution is 5.83. The molecular formula is C19H20N4O3. The van der Waals surface area contributed by atoms with Gasteiger partial charge in [-0.3, -0.25) is 19.3 Å². The van der Waals surface area contributed by atoms with Crippen molar-refractivity contribution in [1.82, 2.24) is 14.5 Å². The number of rotatable bonds is 6. The standard InChI is InChI=1S/C19H20N4O3/c1-3-8-23-18(25)15(17(24)22-19(23)26)11-20-12(2)9-13-10-21-16-7-5-4-6-14(13)16/h3-7,10-12,21,25H,1,8-9H2,2H3,(H,22,24,26). The zero-order chi connectivity index (χ0) is 18.7. The first-order chi connectivity index (χ1) is 12.5. The first-order valence-corrected chi connectivity index (χ1v) is 8.26. The minimum atomic E-state index is -0.684. The van der Waals surface area contributed by atoms with Gasteiger partial charge in [0, 0.05) is 29.9 Å². The summed E-state index contributed by atoms with van der Waals surface area (Å²) < 4.78 is 1.03. The molecule has 3 rings (SSSR count). The van der Waals surface area contributed by atoms with Crippen molar-refractivity contribution >= 4 is 17.1 Å². The van der Waals surface area contributed by atoms with Gasteiger partial charge in [0.15, 0.2) is 0 Å². The molecule has 0 aliphatic rings. The number of fused-ring (bicyclic) bond motifs is 1. The summed E-state index contributed by atoms with van der Waals surface area (Å²) >= 11 is 0. The SMILES string of the molecule is C=CCn1c(O)c(C=NC(C)Cc2c[nH]c3ccccc23)c(=O)[nH]c1=O. The number of benzene rings is 1.